The molecule has 0 N–H and O–H groups in total. The van der Waals surface area contributed by atoms with Gasteiger partial charge in [-0.2, -0.15) is 0 Å². The Balaban J connectivity index is 1.56. The minimum Gasteiger partial charge on any atom is -0.547 e. The molecule has 5 heteroatoms. The average molecular weight is 497 g/mol. The van der Waals surface area contributed by atoms with E-state index in [0.717, 1.165) is 38.2 Å². The molecule has 0 saturated carbocycles. The zero-order valence-electron chi connectivity index (χ0n) is 22.5. The van der Waals surface area contributed by atoms with Crippen LogP contribution in [0, 0.1) is 11.8 Å². The van der Waals surface area contributed by atoms with Gasteiger partial charge in [-0.05, 0) is 72.1 Å². The SMILES string of the molecule is COc1ccc(COCC[C@H]2CC(O[Si](C)(C)C(C)(C)C)=CC[C@@H]2COCc2ccccc2)cc1. The average Bonchev–Trinajstić information content (AvgIpc) is 2.83. The Bertz CT molecular complexity index is 916. The van der Waals surface area contributed by atoms with Crippen molar-refractivity contribution < 1.29 is 18.6 Å². The highest BCUT2D eigenvalue weighted by Crippen LogP contribution is 2.41. The van der Waals surface area contributed by atoms with E-state index in [-0.39, 0.29) is 5.04 Å². The summed E-state index contributed by atoms with van der Waals surface area (Å²) in [5.41, 5.74) is 2.39. The Hall–Kier alpha value is -2.08. The molecule has 0 radical (unpaired) electrons. The highest BCUT2D eigenvalue weighted by Gasteiger charge is 2.40. The fourth-order valence-electron chi connectivity index (χ4n) is 4.14. The Kier molecular flexibility index (Phi) is 10.0. The topological polar surface area (TPSA) is 36.9 Å². The summed E-state index contributed by atoms with van der Waals surface area (Å²) in [6, 6.07) is 18.5. The second kappa shape index (κ2) is 12.7. The van der Waals surface area contributed by atoms with E-state index < -0.39 is 8.32 Å². The number of allylic oxidation sites excluding steroid dienone is 2. The summed E-state index contributed by atoms with van der Waals surface area (Å²) in [4.78, 5) is 0. The summed E-state index contributed by atoms with van der Waals surface area (Å²) in [5, 5.41) is 0.195. The molecule has 192 valence electrons. The molecule has 0 saturated heterocycles. The van der Waals surface area contributed by atoms with Crippen LogP contribution in [-0.2, 0) is 27.1 Å². The van der Waals surface area contributed by atoms with Gasteiger partial charge in [0.1, 0.15) is 5.75 Å². The number of hydrogen-bond donors (Lipinski definition) is 0. The summed E-state index contributed by atoms with van der Waals surface area (Å²) in [7, 11) is -0.157. The smallest absolute Gasteiger partial charge is 0.250 e. The van der Waals surface area contributed by atoms with Crippen LogP contribution in [0.2, 0.25) is 18.1 Å². The largest absolute Gasteiger partial charge is 0.547 e. The van der Waals surface area contributed by atoms with E-state index >= 15 is 0 Å². The summed E-state index contributed by atoms with van der Waals surface area (Å²) >= 11 is 0. The third-order valence-electron chi connectivity index (χ3n) is 7.47. The number of hydrogen-bond acceptors (Lipinski definition) is 4. The lowest BCUT2D eigenvalue weighted by Crippen LogP contribution is -2.41. The summed E-state index contributed by atoms with van der Waals surface area (Å²) in [6.07, 6.45) is 5.30. The molecule has 0 amide bonds. The maximum atomic E-state index is 6.70. The van der Waals surface area contributed by atoms with E-state index in [1.807, 2.05) is 18.2 Å². The van der Waals surface area contributed by atoms with Crippen LogP contribution in [-0.4, -0.2) is 28.6 Å². The van der Waals surface area contributed by atoms with Crippen LogP contribution < -0.4 is 4.74 Å². The second-order valence-corrected chi connectivity index (χ2v) is 15.9. The van der Waals surface area contributed by atoms with Gasteiger partial charge in [0.2, 0.25) is 8.32 Å². The van der Waals surface area contributed by atoms with Crippen LogP contribution in [0.4, 0.5) is 0 Å². The lowest BCUT2D eigenvalue weighted by Gasteiger charge is -2.40. The highest BCUT2D eigenvalue weighted by atomic mass is 28.4. The van der Waals surface area contributed by atoms with Crippen molar-refractivity contribution in [3.63, 3.8) is 0 Å². The number of ether oxygens (including phenoxy) is 3. The number of rotatable bonds is 12. The maximum absolute atomic E-state index is 6.70. The molecular formula is C30H44O4Si. The predicted molar refractivity (Wildman–Crippen MR) is 146 cm³/mol. The summed E-state index contributed by atoms with van der Waals surface area (Å²) in [5.74, 6) is 3.02. The monoisotopic (exact) mass is 496 g/mol. The van der Waals surface area contributed by atoms with E-state index in [9.17, 15) is 0 Å². The molecule has 1 aliphatic rings. The zero-order chi connectivity index (χ0) is 25.3. The van der Waals surface area contributed by atoms with Gasteiger partial charge in [0.25, 0.3) is 0 Å². The fourth-order valence-corrected chi connectivity index (χ4v) is 5.27. The molecule has 0 spiro atoms. The van der Waals surface area contributed by atoms with Crippen molar-refractivity contribution in [2.24, 2.45) is 11.8 Å². The third kappa shape index (κ3) is 8.52. The van der Waals surface area contributed by atoms with Crippen molar-refractivity contribution in [3.8, 4) is 5.75 Å². The lowest BCUT2D eigenvalue weighted by atomic mass is 9.81. The van der Waals surface area contributed by atoms with Gasteiger partial charge in [0, 0.05) is 13.0 Å². The van der Waals surface area contributed by atoms with Crippen molar-refractivity contribution in [3.05, 3.63) is 77.6 Å². The van der Waals surface area contributed by atoms with Gasteiger partial charge in [-0.3, -0.25) is 0 Å². The fraction of sp³-hybridized carbons (Fsp3) is 0.533. The second-order valence-electron chi connectivity index (χ2n) is 11.2. The quantitative estimate of drug-likeness (QED) is 0.222. The van der Waals surface area contributed by atoms with E-state index in [1.165, 1.54) is 16.9 Å². The van der Waals surface area contributed by atoms with Crippen LogP contribution in [0.15, 0.2) is 66.4 Å². The standard InChI is InChI=1S/C30H44O4Si/c1-30(2,3)35(5,6)34-29-17-14-27(23-33-22-24-10-8-7-9-11-24)26(20-29)18-19-32-21-25-12-15-28(31-4)16-13-25/h7-13,15-17,26-27H,14,18-23H2,1-6H3/t26-,27+/m0/s1. The first kappa shape index (κ1) is 27.5. The Morgan fingerprint density at radius 2 is 1.51 bits per heavy atom. The molecule has 2 aromatic rings. The first-order chi connectivity index (χ1) is 16.7. The number of methoxy groups -OCH3 is 1. The van der Waals surface area contributed by atoms with Crippen molar-refractivity contribution in [2.45, 2.75) is 71.4 Å². The van der Waals surface area contributed by atoms with Gasteiger partial charge in [0.05, 0.1) is 32.7 Å². The van der Waals surface area contributed by atoms with Crippen molar-refractivity contribution >= 4 is 8.32 Å². The Labute approximate surface area is 213 Å². The van der Waals surface area contributed by atoms with Crippen LogP contribution in [0.5, 0.6) is 5.75 Å². The van der Waals surface area contributed by atoms with Gasteiger partial charge in [0.15, 0.2) is 0 Å². The Morgan fingerprint density at radius 3 is 2.17 bits per heavy atom. The molecule has 3 rings (SSSR count). The van der Waals surface area contributed by atoms with Crippen molar-refractivity contribution in [1.29, 1.82) is 0 Å². The van der Waals surface area contributed by atoms with Crippen molar-refractivity contribution in [2.75, 3.05) is 20.3 Å². The van der Waals surface area contributed by atoms with Gasteiger partial charge >= 0.3 is 0 Å². The molecule has 4 nitrogen and oxygen atoms in total. The van der Waals surface area contributed by atoms with E-state index in [1.54, 1.807) is 7.11 Å². The number of benzene rings is 2. The molecule has 0 unspecified atom stereocenters. The van der Waals surface area contributed by atoms with E-state index in [2.05, 4.69) is 76.3 Å². The highest BCUT2D eigenvalue weighted by molar-refractivity contribution is 6.74. The Morgan fingerprint density at radius 1 is 0.857 bits per heavy atom. The molecule has 35 heavy (non-hydrogen) atoms. The predicted octanol–water partition coefficient (Wildman–Crippen LogP) is 7.75. The summed E-state index contributed by atoms with van der Waals surface area (Å²) in [6.45, 7) is 14.3. The molecule has 0 heterocycles. The van der Waals surface area contributed by atoms with Gasteiger partial charge < -0.3 is 18.6 Å². The molecule has 0 bridgehead atoms. The van der Waals surface area contributed by atoms with Crippen LogP contribution in [0.1, 0.15) is 51.2 Å². The molecule has 2 aromatic carbocycles. The molecule has 0 fully saturated rings. The maximum Gasteiger partial charge on any atom is 0.250 e. The van der Waals surface area contributed by atoms with Crippen LogP contribution >= 0.6 is 0 Å². The minimum atomic E-state index is -1.84. The molecule has 2 atom stereocenters. The van der Waals surface area contributed by atoms with Gasteiger partial charge in [-0.25, -0.2) is 0 Å². The third-order valence-corrected chi connectivity index (χ3v) is 11.9. The molecule has 0 aliphatic heterocycles. The first-order valence-corrected chi connectivity index (χ1v) is 15.8. The normalized spacial score (nSPS) is 18.7. The molecular weight excluding hydrogens is 452 g/mol. The minimum absolute atomic E-state index is 0.195. The van der Waals surface area contributed by atoms with E-state index in [0.29, 0.717) is 25.0 Å². The van der Waals surface area contributed by atoms with Gasteiger partial charge in [-0.1, -0.05) is 63.2 Å². The summed E-state index contributed by atoms with van der Waals surface area (Å²) < 4.78 is 24.2. The van der Waals surface area contributed by atoms with E-state index in [4.69, 9.17) is 18.6 Å². The van der Waals surface area contributed by atoms with Crippen LogP contribution in [0.25, 0.3) is 0 Å². The first-order valence-electron chi connectivity index (χ1n) is 12.9. The lowest BCUT2D eigenvalue weighted by molar-refractivity contribution is 0.0425. The zero-order valence-corrected chi connectivity index (χ0v) is 23.5. The molecule has 0 aromatic heterocycles. The van der Waals surface area contributed by atoms with Crippen LogP contribution in [0.3, 0.4) is 0 Å². The van der Waals surface area contributed by atoms with Crippen molar-refractivity contribution in [1.82, 2.24) is 0 Å². The van der Waals surface area contributed by atoms with Gasteiger partial charge in [-0.15, -0.1) is 0 Å². The molecule has 1 aliphatic carbocycles.